The molecule has 2 nitrogen and oxygen atoms in total. The van der Waals surface area contributed by atoms with Crippen LogP contribution in [0.15, 0.2) is 12.4 Å². The van der Waals surface area contributed by atoms with Crippen molar-refractivity contribution < 1.29 is 4.57 Å². The highest BCUT2D eigenvalue weighted by molar-refractivity contribution is 4.77. The summed E-state index contributed by atoms with van der Waals surface area (Å²) in [6.45, 7) is 5.79. The molecular weight excluding hydrogens is 328 g/mol. The number of aromatic nitrogens is 2. The third-order valence-corrected chi connectivity index (χ3v) is 5.87. The molecule has 0 aliphatic carbocycles. The van der Waals surface area contributed by atoms with Gasteiger partial charge in [-0.2, -0.15) is 0 Å². The molecule has 1 aromatic rings. The quantitative estimate of drug-likeness (QED) is 0.176. The number of rotatable bonds is 20. The van der Waals surface area contributed by atoms with E-state index in [4.69, 9.17) is 0 Å². The van der Waals surface area contributed by atoms with Gasteiger partial charge in [-0.05, 0) is 19.3 Å². The number of nitrogens with zero attached hydrogens (tertiary/aromatic N) is 1. The van der Waals surface area contributed by atoms with Crippen LogP contribution in [0, 0.1) is 0 Å². The summed E-state index contributed by atoms with van der Waals surface area (Å²) in [5.74, 6) is 1.44. The fourth-order valence-electron chi connectivity index (χ4n) is 4.02. The zero-order valence-electron chi connectivity index (χ0n) is 18.7. The molecule has 1 N–H and O–H groups in total. The van der Waals surface area contributed by atoms with Gasteiger partial charge in [-0.1, -0.05) is 110 Å². The van der Waals surface area contributed by atoms with Crippen molar-refractivity contribution in [2.75, 3.05) is 0 Å². The van der Waals surface area contributed by atoms with Gasteiger partial charge in [0.05, 0.1) is 6.54 Å². The third kappa shape index (κ3) is 13.9. The van der Waals surface area contributed by atoms with E-state index in [0.29, 0.717) is 0 Å². The predicted octanol–water partition coefficient (Wildman–Crippen LogP) is 7.91. The van der Waals surface area contributed by atoms with Gasteiger partial charge in [-0.25, -0.2) is 9.55 Å². The molecule has 1 aromatic heterocycles. The molecule has 1 rings (SSSR count). The number of hydrogen-bond acceptors (Lipinski definition) is 0. The number of hydrogen-bond donors (Lipinski definition) is 1. The van der Waals surface area contributed by atoms with E-state index in [0.717, 1.165) is 0 Å². The van der Waals surface area contributed by atoms with Crippen LogP contribution < -0.4 is 4.57 Å². The Hall–Kier alpha value is -0.790. The first-order chi connectivity index (χ1) is 13.4. The van der Waals surface area contributed by atoms with Crippen molar-refractivity contribution in [3.63, 3.8) is 0 Å². The minimum atomic E-state index is 1.20. The number of unbranched alkanes of at least 4 members (excludes halogenated alkanes) is 16. The molecule has 0 aliphatic heterocycles. The van der Waals surface area contributed by atoms with Crippen LogP contribution in [0.2, 0.25) is 0 Å². The average Bonchev–Trinajstić information content (AvgIpc) is 3.12. The van der Waals surface area contributed by atoms with E-state index < -0.39 is 0 Å². The molecule has 0 atom stereocenters. The molecule has 0 amide bonds. The van der Waals surface area contributed by atoms with Crippen LogP contribution in [0.4, 0.5) is 0 Å². The third-order valence-electron chi connectivity index (χ3n) is 5.87. The Morgan fingerprint density at radius 1 is 0.593 bits per heavy atom. The highest BCUT2D eigenvalue weighted by Gasteiger charge is 2.09. The number of aryl methyl sites for hydroxylation is 2. The monoisotopic (exact) mass is 377 g/mol. The Kier molecular flexibility index (Phi) is 16.7. The first-order valence-corrected chi connectivity index (χ1v) is 12.4. The molecule has 27 heavy (non-hydrogen) atoms. The summed E-state index contributed by atoms with van der Waals surface area (Å²) in [7, 11) is 0. The van der Waals surface area contributed by atoms with Crippen LogP contribution in [-0.2, 0) is 13.0 Å². The fraction of sp³-hybridized carbons (Fsp3) is 0.880. The number of nitrogens with one attached hydrogen (secondary N) is 1. The second-order valence-corrected chi connectivity index (χ2v) is 8.51. The Balaban J connectivity index is 1.96. The van der Waals surface area contributed by atoms with E-state index >= 15 is 0 Å². The first kappa shape index (κ1) is 24.2. The Morgan fingerprint density at radius 3 is 1.56 bits per heavy atom. The molecule has 0 bridgehead atoms. The second kappa shape index (κ2) is 18.6. The molecule has 0 spiro atoms. The predicted molar refractivity (Wildman–Crippen MR) is 119 cm³/mol. The van der Waals surface area contributed by atoms with Gasteiger partial charge in [0.15, 0.2) is 0 Å². The lowest BCUT2D eigenvalue weighted by Gasteiger charge is -2.03. The van der Waals surface area contributed by atoms with Crippen molar-refractivity contribution in [2.45, 2.75) is 142 Å². The maximum absolute atomic E-state index is 3.47. The standard InChI is InChI=1S/C25H48N2/c1-3-5-7-9-11-13-14-15-17-19-21-25-26-22-24-27(25)23-20-18-16-12-10-8-6-4-2/h22,24H,3-21,23H2,1-2H3/p+1. The molecule has 2 heteroatoms. The lowest BCUT2D eigenvalue weighted by molar-refractivity contribution is -0.703. The van der Waals surface area contributed by atoms with Gasteiger partial charge >= 0.3 is 0 Å². The molecule has 0 aromatic carbocycles. The molecule has 0 saturated carbocycles. The SMILES string of the molecule is CCCCCCCCCCCCc1[nH]cc[n+]1CCCCCCCCCC. The fourth-order valence-corrected chi connectivity index (χ4v) is 4.02. The minimum Gasteiger partial charge on any atom is -0.248 e. The van der Waals surface area contributed by atoms with E-state index in [1.807, 2.05) is 0 Å². The summed E-state index contributed by atoms with van der Waals surface area (Å²) in [5, 5.41) is 0. The van der Waals surface area contributed by atoms with E-state index in [2.05, 4.69) is 35.8 Å². The van der Waals surface area contributed by atoms with Crippen molar-refractivity contribution >= 4 is 0 Å². The molecule has 0 fully saturated rings. The second-order valence-electron chi connectivity index (χ2n) is 8.51. The molecule has 158 valence electrons. The Morgan fingerprint density at radius 2 is 1.04 bits per heavy atom. The van der Waals surface area contributed by atoms with Gasteiger partial charge in [0, 0.05) is 6.42 Å². The summed E-state index contributed by atoms with van der Waals surface area (Å²) < 4.78 is 2.46. The molecule has 0 unspecified atom stereocenters. The van der Waals surface area contributed by atoms with Crippen LogP contribution in [0.5, 0.6) is 0 Å². The van der Waals surface area contributed by atoms with E-state index in [1.54, 1.807) is 0 Å². The van der Waals surface area contributed by atoms with Crippen molar-refractivity contribution in [1.82, 2.24) is 4.98 Å². The summed E-state index contributed by atoms with van der Waals surface area (Å²) in [5.41, 5.74) is 0. The normalized spacial score (nSPS) is 11.3. The van der Waals surface area contributed by atoms with E-state index in [9.17, 15) is 0 Å². The van der Waals surface area contributed by atoms with Crippen LogP contribution in [0.25, 0.3) is 0 Å². The summed E-state index contributed by atoms with van der Waals surface area (Å²) in [6.07, 6.45) is 31.0. The number of imidazole rings is 1. The zero-order valence-corrected chi connectivity index (χ0v) is 18.7. The molecule has 0 aliphatic rings. The van der Waals surface area contributed by atoms with Crippen LogP contribution in [0.1, 0.15) is 135 Å². The highest BCUT2D eigenvalue weighted by Crippen LogP contribution is 2.12. The van der Waals surface area contributed by atoms with Crippen LogP contribution in [0.3, 0.4) is 0 Å². The maximum Gasteiger partial charge on any atom is 0.254 e. The Labute approximate surface area is 170 Å². The largest absolute Gasteiger partial charge is 0.254 e. The summed E-state index contributed by atoms with van der Waals surface area (Å²) >= 11 is 0. The molecule has 1 heterocycles. The van der Waals surface area contributed by atoms with Crippen molar-refractivity contribution in [3.8, 4) is 0 Å². The van der Waals surface area contributed by atoms with Gasteiger partial charge in [-0.3, -0.25) is 0 Å². The Bertz CT molecular complexity index is 410. The molecule has 0 radical (unpaired) electrons. The summed E-state index contributed by atoms with van der Waals surface area (Å²) in [6, 6.07) is 0. The van der Waals surface area contributed by atoms with E-state index in [1.165, 1.54) is 134 Å². The lowest BCUT2D eigenvalue weighted by atomic mass is 10.1. The van der Waals surface area contributed by atoms with Crippen LogP contribution in [-0.4, -0.2) is 4.98 Å². The van der Waals surface area contributed by atoms with Gasteiger partial charge in [-0.15, -0.1) is 0 Å². The van der Waals surface area contributed by atoms with Gasteiger partial charge in [0.25, 0.3) is 5.82 Å². The minimum absolute atomic E-state index is 1.20. The van der Waals surface area contributed by atoms with Crippen LogP contribution >= 0.6 is 0 Å². The van der Waals surface area contributed by atoms with Gasteiger partial charge in [0.1, 0.15) is 12.4 Å². The van der Waals surface area contributed by atoms with E-state index in [-0.39, 0.29) is 0 Å². The first-order valence-electron chi connectivity index (χ1n) is 12.4. The maximum atomic E-state index is 3.47. The lowest BCUT2D eigenvalue weighted by Crippen LogP contribution is -2.36. The number of aromatic amines is 1. The topological polar surface area (TPSA) is 19.7 Å². The van der Waals surface area contributed by atoms with Gasteiger partial charge < -0.3 is 0 Å². The smallest absolute Gasteiger partial charge is 0.248 e. The zero-order chi connectivity index (χ0) is 19.4. The van der Waals surface area contributed by atoms with Crippen molar-refractivity contribution in [3.05, 3.63) is 18.2 Å². The molecular formula is C25H49N2+. The molecule has 0 saturated heterocycles. The summed E-state index contributed by atoms with van der Waals surface area (Å²) in [4.78, 5) is 3.47. The van der Waals surface area contributed by atoms with Crippen molar-refractivity contribution in [1.29, 1.82) is 0 Å². The van der Waals surface area contributed by atoms with Gasteiger partial charge in [0.2, 0.25) is 0 Å². The average molecular weight is 378 g/mol. The number of H-pyrrole nitrogens is 1. The highest BCUT2D eigenvalue weighted by atomic mass is 15.1. The van der Waals surface area contributed by atoms with Crippen molar-refractivity contribution in [2.24, 2.45) is 0 Å².